The standard InChI is InChI=1S/C11H21N3O3/c1-11(2,3)17-10(16)14(12)9(15)8-5-4-6-13-7-8/h8,13H,4-7,12H2,1-3H3. The molecule has 1 rings (SSSR count). The molecule has 0 aromatic carbocycles. The zero-order valence-corrected chi connectivity index (χ0v) is 10.7. The molecule has 6 nitrogen and oxygen atoms in total. The van der Waals surface area contributed by atoms with Gasteiger partial charge in [-0.3, -0.25) is 4.79 Å². The quantitative estimate of drug-likeness (QED) is 0.401. The number of hydrogen-bond donors (Lipinski definition) is 2. The van der Waals surface area contributed by atoms with E-state index in [9.17, 15) is 9.59 Å². The number of nitrogens with one attached hydrogen (secondary N) is 1. The van der Waals surface area contributed by atoms with Gasteiger partial charge in [-0.05, 0) is 40.2 Å². The molecule has 0 aliphatic carbocycles. The van der Waals surface area contributed by atoms with Crippen LogP contribution in [-0.2, 0) is 9.53 Å². The SMILES string of the molecule is CC(C)(C)OC(=O)N(N)C(=O)C1CCCNC1. The minimum absolute atomic E-state index is 0.235. The topological polar surface area (TPSA) is 84.7 Å². The van der Waals surface area contributed by atoms with Crippen LogP contribution in [0.5, 0.6) is 0 Å². The molecule has 1 atom stereocenters. The lowest BCUT2D eigenvalue weighted by atomic mass is 9.99. The predicted molar refractivity (Wildman–Crippen MR) is 62.9 cm³/mol. The number of nitrogens with zero attached hydrogens (tertiary/aromatic N) is 1. The van der Waals surface area contributed by atoms with Gasteiger partial charge >= 0.3 is 6.09 Å². The molecule has 1 heterocycles. The fourth-order valence-corrected chi connectivity index (χ4v) is 1.66. The van der Waals surface area contributed by atoms with Gasteiger partial charge in [-0.1, -0.05) is 0 Å². The average molecular weight is 243 g/mol. The lowest BCUT2D eigenvalue weighted by Gasteiger charge is -2.27. The maximum atomic E-state index is 11.9. The molecular weight excluding hydrogens is 222 g/mol. The molecule has 1 unspecified atom stereocenters. The highest BCUT2D eigenvalue weighted by atomic mass is 16.6. The third kappa shape index (κ3) is 4.32. The second-order valence-electron chi connectivity index (χ2n) is 5.23. The molecule has 0 bridgehead atoms. The van der Waals surface area contributed by atoms with E-state index < -0.39 is 11.7 Å². The second-order valence-corrected chi connectivity index (χ2v) is 5.23. The number of nitrogens with two attached hydrogens (primary N) is 1. The van der Waals surface area contributed by atoms with Gasteiger partial charge in [0.1, 0.15) is 5.60 Å². The van der Waals surface area contributed by atoms with E-state index in [2.05, 4.69) is 5.32 Å². The van der Waals surface area contributed by atoms with Gasteiger partial charge in [-0.15, -0.1) is 0 Å². The molecule has 0 aromatic rings. The highest BCUT2D eigenvalue weighted by Gasteiger charge is 2.30. The molecule has 3 N–H and O–H groups in total. The zero-order valence-electron chi connectivity index (χ0n) is 10.7. The van der Waals surface area contributed by atoms with Gasteiger partial charge in [0.15, 0.2) is 0 Å². The number of carbonyl (C=O) groups excluding carboxylic acids is 2. The number of rotatable bonds is 1. The monoisotopic (exact) mass is 243 g/mol. The van der Waals surface area contributed by atoms with Crippen molar-refractivity contribution in [2.24, 2.45) is 11.8 Å². The van der Waals surface area contributed by atoms with Crippen LogP contribution in [0.1, 0.15) is 33.6 Å². The van der Waals surface area contributed by atoms with Crippen LogP contribution in [0, 0.1) is 5.92 Å². The lowest BCUT2D eigenvalue weighted by molar-refractivity contribution is -0.135. The van der Waals surface area contributed by atoms with Crippen LogP contribution in [-0.4, -0.2) is 35.7 Å². The van der Waals surface area contributed by atoms with Gasteiger partial charge in [-0.2, -0.15) is 5.01 Å². The van der Waals surface area contributed by atoms with Crippen LogP contribution in [0.3, 0.4) is 0 Å². The van der Waals surface area contributed by atoms with Gasteiger partial charge in [0.25, 0.3) is 5.91 Å². The molecule has 1 aliphatic heterocycles. The van der Waals surface area contributed by atoms with Gasteiger partial charge in [0.05, 0.1) is 5.92 Å². The first-order chi connectivity index (χ1) is 7.81. The van der Waals surface area contributed by atoms with E-state index in [0.717, 1.165) is 19.4 Å². The van der Waals surface area contributed by atoms with Crippen molar-refractivity contribution in [2.75, 3.05) is 13.1 Å². The molecule has 0 aromatic heterocycles. The van der Waals surface area contributed by atoms with E-state index in [1.807, 2.05) is 0 Å². The summed E-state index contributed by atoms with van der Waals surface area (Å²) in [4.78, 5) is 23.5. The number of piperidine rings is 1. The predicted octanol–water partition coefficient (Wildman–Crippen LogP) is 0.623. The third-order valence-corrected chi connectivity index (χ3v) is 2.47. The van der Waals surface area contributed by atoms with E-state index in [0.29, 0.717) is 11.6 Å². The number of hydrogen-bond acceptors (Lipinski definition) is 5. The van der Waals surface area contributed by atoms with Crippen molar-refractivity contribution >= 4 is 12.0 Å². The molecule has 98 valence electrons. The van der Waals surface area contributed by atoms with Crippen LogP contribution in [0.4, 0.5) is 4.79 Å². The summed E-state index contributed by atoms with van der Waals surface area (Å²) in [6.07, 6.45) is 0.869. The molecule has 1 saturated heterocycles. The molecule has 1 fully saturated rings. The Bertz CT molecular complexity index is 293. The fraction of sp³-hybridized carbons (Fsp3) is 0.818. The summed E-state index contributed by atoms with van der Waals surface area (Å²) in [6.45, 7) is 6.65. The normalized spacial score (nSPS) is 20.8. The van der Waals surface area contributed by atoms with Crippen molar-refractivity contribution in [2.45, 2.75) is 39.2 Å². The number of ether oxygens (including phenoxy) is 1. The lowest BCUT2D eigenvalue weighted by Crippen LogP contribution is -2.50. The summed E-state index contributed by atoms with van der Waals surface area (Å²) in [7, 11) is 0. The maximum Gasteiger partial charge on any atom is 0.431 e. The van der Waals surface area contributed by atoms with Crippen molar-refractivity contribution in [3.8, 4) is 0 Å². The third-order valence-electron chi connectivity index (χ3n) is 2.47. The molecule has 17 heavy (non-hydrogen) atoms. The first-order valence-corrected chi connectivity index (χ1v) is 5.83. The summed E-state index contributed by atoms with van der Waals surface area (Å²) in [6, 6.07) is 0. The maximum absolute atomic E-state index is 11.9. The average Bonchev–Trinajstić information content (AvgIpc) is 2.26. The number of amides is 2. The summed E-state index contributed by atoms with van der Waals surface area (Å²) in [5, 5.41) is 3.69. The summed E-state index contributed by atoms with van der Waals surface area (Å²) < 4.78 is 5.03. The highest BCUT2D eigenvalue weighted by molar-refractivity contribution is 5.92. The minimum Gasteiger partial charge on any atom is -0.442 e. The first-order valence-electron chi connectivity index (χ1n) is 5.83. The van der Waals surface area contributed by atoms with Gasteiger partial charge in [0.2, 0.25) is 0 Å². The smallest absolute Gasteiger partial charge is 0.431 e. The Morgan fingerprint density at radius 2 is 2.06 bits per heavy atom. The number of carbonyl (C=O) groups is 2. The van der Waals surface area contributed by atoms with Gasteiger partial charge in [0, 0.05) is 6.54 Å². The van der Waals surface area contributed by atoms with E-state index in [1.54, 1.807) is 20.8 Å². The van der Waals surface area contributed by atoms with Crippen molar-refractivity contribution in [3.63, 3.8) is 0 Å². The largest absolute Gasteiger partial charge is 0.442 e. The van der Waals surface area contributed by atoms with Crippen LogP contribution in [0.15, 0.2) is 0 Å². The first kappa shape index (κ1) is 13.9. The Morgan fingerprint density at radius 1 is 1.41 bits per heavy atom. The summed E-state index contributed by atoms with van der Waals surface area (Å²) in [5.41, 5.74) is -0.653. The van der Waals surface area contributed by atoms with E-state index in [4.69, 9.17) is 10.6 Å². The molecule has 0 spiro atoms. The number of imide groups is 1. The molecule has 0 radical (unpaired) electrons. The van der Waals surface area contributed by atoms with Crippen molar-refractivity contribution in [1.82, 2.24) is 10.3 Å². The Hall–Kier alpha value is -1.14. The minimum atomic E-state index is -0.798. The Kier molecular flexibility index (Phi) is 4.47. The Labute approximate surface area is 101 Å². The number of hydrazine groups is 1. The second kappa shape index (κ2) is 5.46. The van der Waals surface area contributed by atoms with Crippen molar-refractivity contribution in [3.05, 3.63) is 0 Å². The highest BCUT2D eigenvalue weighted by Crippen LogP contribution is 2.14. The van der Waals surface area contributed by atoms with Gasteiger partial charge < -0.3 is 10.1 Å². The van der Waals surface area contributed by atoms with Crippen LogP contribution in [0.2, 0.25) is 0 Å². The molecular formula is C11H21N3O3. The van der Waals surface area contributed by atoms with Crippen LogP contribution >= 0.6 is 0 Å². The molecule has 2 amide bonds. The van der Waals surface area contributed by atoms with Crippen LogP contribution < -0.4 is 11.2 Å². The van der Waals surface area contributed by atoms with Crippen LogP contribution in [0.25, 0.3) is 0 Å². The zero-order chi connectivity index (χ0) is 13.1. The van der Waals surface area contributed by atoms with Gasteiger partial charge in [-0.25, -0.2) is 10.6 Å². The molecule has 6 heteroatoms. The Morgan fingerprint density at radius 3 is 2.53 bits per heavy atom. The van der Waals surface area contributed by atoms with E-state index >= 15 is 0 Å². The van der Waals surface area contributed by atoms with Crippen molar-refractivity contribution < 1.29 is 14.3 Å². The van der Waals surface area contributed by atoms with Crippen molar-refractivity contribution in [1.29, 1.82) is 0 Å². The summed E-state index contributed by atoms with van der Waals surface area (Å²) in [5.74, 6) is 4.86. The molecule has 1 aliphatic rings. The summed E-state index contributed by atoms with van der Waals surface area (Å²) >= 11 is 0. The van der Waals surface area contributed by atoms with E-state index in [-0.39, 0.29) is 11.8 Å². The Balaban J connectivity index is 2.53. The fourth-order valence-electron chi connectivity index (χ4n) is 1.66. The molecule has 0 saturated carbocycles. The van der Waals surface area contributed by atoms with E-state index in [1.165, 1.54) is 0 Å².